The van der Waals surface area contributed by atoms with Crippen molar-refractivity contribution in [1.82, 2.24) is 4.98 Å². The van der Waals surface area contributed by atoms with Gasteiger partial charge in [-0.2, -0.15) is 0 Å². The lowest BCUT2D eigenvalue weighted by Gasteiger charge is -2.14. The van der Waals surface area contributed by atoms with E-state index in [2.05, 4.69) is 36.2 Å². The Morgan fingerprint density at radius 2 is 1.94 bits per heavy atom. The molecule has 0 fully saturated rings. The normalized spacial score (nSPS) is 12.6. The average molecular weight is 261 g/mol. The highest BCUT2D eigenvalue weighted by molar-refractivity contribution is 7.09. The van der Waals surface area contributed by atoms with Crippen LogP contribution in [0.3, 0.4) is 0 Å². The SMILES string of the molecule is Cc1ccc(C(CO)CCc2scnc2C)cc1. The van der Waals surface area contributed by atoms with Crippen molar-refractivity contribution >= 4 is 11.3 Å². The van der Waals surface area contributed by atoms with Gasteiger partial charge in [0.05, 0.1) is 11.2 Å². The Morgan fingerprint density at radius 1 is 1.22 bits per heavy atom. The molecule has 18 heavy (non-hydrogen) atoms. The molecule has 0 saturated carbocycles. The van der Waals surface area contributed by atoms with Gasteiger partial charge in [0.2, 0.25) is 0 Å². The Morgan fingerprint density at radius 3 is 2.50 bits per heavy atom. The van der Waals surface area contributed by atoms with Gasteiger partial charge in [-0.15, -0.1) is 11.3 Å². The Kier molecular flexibility index (Phi) is 4.50. The number of aromatic nitrogens is 1. The Bertz CT molecular complexity index is 489. The van der Waals surface area contributed by atoms with Crippen LogP contribution in [0.15, 0.2) is 29.8 Å². The summed E-state index contributed by atoms with van der Waals surface area (Å²) in [6.07, 6.45) is 1.97. The predicted molar refractivity (Wildman–Crippen MR) is 76.2 cm³/mol. The molecule has 1 heterocycles. The third-order valence-corrected chi connectivity index (χ3v) is 4.33. The molecule has 96 valence electrons. The zero-order valence-electron chi connectivity index (χ0n) is 10.9. The number of thiazole rings is 1. The third-order valence-electron chi connectivity index (χ3n) is 3.33. The summed E-state index contributed by atoms with van der Waals surface area (Å²) in [5.74, 6) is 0.229. The zero-order valence-corrected chi connectivity index (χ0v) is 11.7. The molecule has 1 unspecified atom stereocenters. The fraction of sp³-hybridized carbons (Fsp3) is 0.400. The Labute approximate surface area is 112 Å². The van der Waals surface area contributed by atoms with Gasteiger partial charge >= 0.3 is 0 Å². The minimum Gasteiger partial charge on any atom is -0.396 e. The number of rotatable bonds is 5. The maximum Gasteiger partial charge on any atom is 0.0797 e. The first-order valence-electron chi connectivity index (χ1n) is 6.27. The summed E-state index contributed by atoms with van der Waals surface area (Å²) in [6.45, 7) is 4.34. The second-order valence-corrected chi connectivity index (χ2v) is 5.63. The van der Waals surface area contributed by atoms with E-state index < -0.39 is 0 Å². The van der Waals surface area contributed by atoms with Crippen LogP contribution in [0.25, 0.3) is 0 Å². The van der Waals surface area contributed by atoms with Crippen LogP contribution in [-0.2, 0) is 6.42 Å². The second-order valence-electron chi connectivity index (χ2n) is 4.69. The number of aliphatic hydroxyl groups excluding tert-OH is 1. The van der Waals surface area contributed by atoms with Crippen LogP contribution in [0.2, 0.25) is 0 Å². The molecule has 1 atom stereocenters. The molecule has 1 aromatic carbocycles. The molecule has 0 radical (unpaired) electrons. The van der Waals surface area contributed by atoms with Gasteiger partial charge in [-0.1, -0.05) is 29.8 Å². The van der Waals surface area contributed by atoms with Gasteiger partial charge in [-0.25, -0.2) is 4.98 Å². The number of aryl methyl sites for hydroxylation is 3. The maximum absolute atomic E-state index is 9.53. The van der Waals surface area contributed by atoms with E-state index in [9.17, 15) is 5.11 Å². The molecule has 2 rings (SSSR count). The molecule has 3 heteroatoms. The number of hydrogen-bond donors (Lipinski definition) is 1. The number of nitrogens with zero attached hydrogens (tertiary/aromatic N) is 1. The van der Waals surface area contributed by atoms with Gasteiger partial charge in [0.1, 0.15) is 0 Å². The molecule has 1 N–H and O–H groups in total. The van der Waals surface area contributed by atoms with Gasteiger partial charge < -0.3 is 5.11 Å². The van der Waals surface area contributed by atoms with Gasteiger partial charge in [-0.3, -0.25) is 0 Å². The van der Waals surface area contributed by atoms with E-state index in [4.69, 9.17) is 0 Å². The lowest BCUT2D eigenvalue weighted by molar-refractivity contribution is 0.259. The van der Waals surface area contributed by atoms with Gasteiger partial charge in [0, 0.05) is 17.4 Å². The molecular formula is C15H19NOS. The second kappa shape index (κ2) is 6.12. The lowest BCUT2D eigenvalue weighted by atomic mass is 9.94. The number of aliphatic hydroxyl groups is 1. The van der Waals surface area contributed by atoms with E-state index >= 15 is 0 Å². The van der Waals surface area contributed by atoms with E-state index in [1.807, 2.05) is 12.4 Å². The van der Waals surface area contributed by atoms with Crippen LogP contribution >= 0.6 is 11.3 Å². The van der Waals surface area contributed by atoms with Crippen molar-refractivity contribution in [2.45, 2.75) is 32.6 Å². The van der Waals surface area contributed by atoms with Gasteiger partial charge in [0.25, 0.3) is 0 Å². The third kappa shape index (κ3) is 3.18. The molecule has 0 bridgehead atoms. The molecule has 0 aliphatic rings. The number of hydrogen-bond acceptors (Lipinski definition) is 3. The fourth-order valence-corrected chi connectivity index (χ4v) is 2.87. The van der Waals surface area contributed by atoms with Crippen molar-refractivity contribution in [2.75, 3.05) is 6.61 Å². The first-order chi connectivity index (χ1) is 8.70. The highest BCUT2D eigenvalue weighted by Gasteiger charge is 2.12. The largest absolute Gasteiger partial charge is 0.396 e. The summed E-state index contributed by atoms with van der Waals surface area (Å²) >= 11 is 1.71. The molecule has 0 amide bonds. The monoisotopic (exact) mass is 261 g/mol. The summed E-state index contributed by atoms with van der Waals surface area (Å²) < 4.78 is 0. The highest BCUT2D eigenvalue weighted by Crippen LogP contribution is 2.24. The molecule has 0 aliphatic carbocycles. The molecular weight excluding hydrogens is 242 g/mol. The van der Waals surface area contributed by atoms with Gasteiger partial charge in [-0.05, 0) is 32.3 Å². The maximum atomic E-state index is 9.53. The Hall–Kier alpha value is -1.19. The fourth-order valence-electron chi connectivity index (χ4n) is 2.07. The first-order valence-corrected chi connectivity index (χ1v) is 7.15. The van der Waals surface area contributed by atoms with E-state index in [1.165, 1.54) is 16.0 Å². The predicted octanol–water partition coefficient (Wildman–Crippen LogP) is 3.47. The summed E-state index contributed by atoms with van der Waals surface area (Å²) in [5.41, 5.74) is 5.50. The van der Waals surface area contributed by atoms with E-state index in [0.29, 0.717) is 0 Å². The van der Waals surface area contributed by atoms with E-state index in [1.54, 1.807) is 11.3 Å². The Balaban J connectivity index is 2.01. The summed E-state index contributed by atoms with van der Waals surface area (Å²) in [4.78, 5) is 5.59. The van der Waals surface area contributed by atoms with Gasteiger partial charge in [0.15, 0.2) is 0 Å². The minimum atomic E-state index is 0.209. The van der Waals surface area contributed by atoms with Crippen molar-refractivity contribution < 1.29 is 5.11 Å². The average Bonchev–Trinajstić information content (AvgIpc) is 2.78. The number of benzene rings is 1. The molecule has 1 aromatic heterocycles. The van der Waals surface area contributed by atoms with E-state index in [-0.39, 0.29) is 12.5 Å². The highest BCUT2D eigenvalue weighted by atomic mass is 32.1. The molecule has 2 aromatic rings. The van der Waals surface area contributed by atoms with Crippen LogP contribution in [0.1, 0.15) is 34.0 Å². The van der Waals surface area contributed by atoms with Crippen molar-refractivity contribution in [3.63, 3.8) is 0 Å². The molecule has 0 aliphatic heterocycles. The molecule has 0 spiro atoms. The summed E-state index contributed by atoms with van der Waals surface area (Å²) in [6, 6.07) is 8.46. The van der Waals surface area contributed by atoms with Crippen LogP contribution in [-0.4, -0.2) is 16.7 Å². The van der Waals surface area contributed by atoms with E-state index in [0.717, 1.165) is 18.5 Å². The van der Waals surface area contributed by atoms with Crippen molar-refractivity contribution in [1.29, 1.82) is 0 Å². The van der Waals surface area contributed by atoms with Crippen LogP contribution < -0.4 is 0 Å². The van der Waals surface area contributed by atoms with Crippen LogP contribution in [0.5, 0.6) is 0 Å². The lowest BCUT2D eigenvalue weighted by Crippen LogP contribution is -2.05. The zero-order chi connectivity index (χ0) is 13.0. The van der Waals surface area contributed by atoms with Crippen LogP contribution in [0.4, 0.5) is 0 Å². The van der Waals surface area contributed by atoms with Crippen LogP contribution in [0, 0.1) is 13.8 Å². The van der Waals surface area contributed by atoms with Crippen molar-refractivity contribution in [3.8, 4) is 0 Å². The molecule has 2 nitrogen and oxygen atoms in total. The minimum absolute atomic E-state index is 0.209. The summed E-state index contributed by atoms with van der Waals surface area (Å²) in [5, 5.41) is 9.53. The first kappa shape index (κ1) is 13.2. The topological polar surface area (TPSA) is 33.1 Å². The van der Waals surface area contributed by atoms with Crippen molar-refractivity contribution in [3.05, 3.63) is 51.5 Å². The summed E-state index contributed by atoms with van der Waals surface area (Å²) in [7, 11) is 0. The smallest absolute Gasteiger partial charge is 0.0797 e. The van der Waals surface area contributed by atoms with Crippen molar-refractivity contribution in [2.24, 2.45) is 0 Å². The quantitative estimate of drug-likeness (QED) is 0.894. The molecule has 0 saturated heterocycles. The standard InChI is InChI=1S/C15H19NOS/c1-11-3-5-13(6-4-11)14(9-17)7-8-15-12(2)16-10-18-15/h3-6,10,14,17H,7-9H2,1-2H3.